The highest BCUT2D eigenvalue weighted by Gasteiger charge is 2.16. The lowest BCUT2D eigenvalue weighted by Crippen LogP contribution is -2.32. The van der Waals surface area contributed by atoms with Crippen LogP contribution in [0.5, 0.6) is 5.75 Å². The normalized spacial score (nSPS) is 12.2. The minimum atomic E-state index is -0.222. The number of pyridine rings is 1. The molecular weight excluding hydrogens is 352 g/mol. The molecule has 0 aliphatic heterocycles. The van der Waals surface area contributed by atoms with Gasteiger partial charge in [0, 0.05) is 16.8 Å². The van der Waals surface area contributed by atoms with Crippen molar-refractivity contribution in [2.45, 2.75) is 25.8 Å². The van der Waals surface area contributed by atoms with Gasteiger partial charge in [0.05, 0.1) is 12.6 Å². The van der Waals surface area contributed by atoms with Crippen molar-refractivity contribution in [3.8, 4) is 5.75 Å². The Morgan fingerprint density at radius 3 is 2.71 bits per heavy atom. The highest BCUT2D eigenvalue weighted by Crippen LogP contribution is 2.25. The Morgan fingerprint density at radius 2 is 1.93 bits per heavy atom. The smallest absolute Gasteiger partial charge is 0.287 e. The number of aryl methyl sites for hydroxylation is 1. The molecule has 2 heterocycles. The number of methoxy groups -OCH3 is 1. The van der Waals surface area contributed by atoms with Gasteiger partial charge in [-0.25, -0.2) is 4.98 Å². The van der Waals surface area contributed by atoms with Crippen LogP contribution >= 0.6 is 0 Å². The maximum absolute atomic E-state index is 12.6. The van der Waals surface area contributed by atoms with Gasteiger partial charge in [-0.1, -0.05) is 30.3 Å². The van der Waals surface area contributed by atoms with Gasteiger partial charge in [-0.05, 0) is 55.7 Å². The van der Waals surface area contributed by atoms with Crippen molar-refractivity contribution in [2.24, 2.45) is 0 Å². The fourth-order valence-electron chi connectivity index (χ4n) is 3.25. The van der Waals surface area contributed by atoms with Gasteiger partial charge in [-0.15, -0.1) is 0 Å². The van der Waals surface area contributed by atoms with E-state index in [0.717, 1.165) is 34.9 Å². The number of nitrogens with one attached hydrogen (secondary N) is 1. The third kappa shape index (κ3) is 3.83. The largest absolute Gasteiger partial charge is 0.497 e. The molecule has 1 N–H and O–H groups in total. The van der Waals surface area contributed by atoms with Crippen LogP contribution in [0.25, 0.3) is 22.0 Å². The van der Waals surface area contributed by atoms with Crippen LogP contribution in [0.2, 0.25) is 0 Å². The van der Waals surface area contributed by atoms with Crippen LogP contribution < -0.4 is 10.1 Å². The summed E-state index contributed by atoms with van der Waals surface area (Å²) < 4.78 is 11.0. The van der Waals surface area contributed by atoms with Crippen LogP contribution in [-0.2, 0) is 6.42 Å². The molecular formula is C23H22N2O3. The predicted molar refractivity (Wildman–Crippen MR) is 110 cm³/mol. The number of fused-ring (bicyclic) bond motifs is 2. The van der Waals surface area contributed by atoms with E-state index in [2.05, 4.69) is 22.4 Å². The van der Waals surface area contributed by atoms with Crippen molar-refractivity contribution in [1.82, 2.24) is 10.3 Å². The summed E-state index contributed by atoms with van der Waals surface area (Å²) in [4.78, 5) is 17.1. The van der Waals surface area contributed by atoms with E-state index in [0.29, 0.717) is 5.71 Å². The van der Waals surface area contributed by atoms with E-state index in [1.807, 2.05) is 49.4 Å². The molecule has 1 atom stereocenters. The maximum atomic E-state index is 12.6. The number of hydrogen-bond donors (Lipinski definition) is 1. The molecule has 4 aromatic rings. The molecule has 142 valence electrons. The highest BCUT2D eigenvalue weighted by atomic mass is 16.5. The first-order chi connectivity index (χ1) is 13.6. The second-order valence-corrected chi connectivity index (χ2v) is 6.95. The van der Waals surface area contributed by atoms with Crippen LogP contribution in [0, 0.1) is 0 Å². The Hall–Kier alpha value is -3.34. The molecule has 0 fully saturated rings. The zero-order valence-electron chi connectivity index (χ0n) is 15.9. The van der Waals surface area contributed by atoms with Crippen molar-refractivity contribution >= 4 is 27.9 Å². The zero-order chi connectivity index (χ0) is 19.5. The molecule has 1 amide bonds. The molecule has 4 rings (SSSR count). The number of amides is 1. The number of aromatic nitrogens is 1. The lowest BCUT2D eigenvalue weighted by atomic mass is 10.1. The summed E-state index contributed by atoms with van der Waals surface area (Å²) >= 11 is 0. The Morgan fingerprint density at radius 1 is 1.11 bits per heavy atom. The maximum Gasteiger partial charge on any atom is 0.287 e. The molecule has 5 nitrogen and oxygen atoms in total. The summed E-state index contributed by atoms with van der Waals surface area (Å²) in [6.07, 6.45) is 1.77. The van der Waals surface area contributed by atoms with Crippen LogP contribution in [0.4, 0.5) is 0 Å². The van der Waals surface area contributed by atoms with E-state index < -0.39 is 0 Å². The zero-order valence-corrected chi connectivity index (χ0v) is 15.9. The van der Waals surface area contributed by atoms with E-state index in [9.17, 15) is 4.79 Å². The monoisotopic (exact) mass is 374 g/mol. The number of rotatable bonds is 6. The van der Waals surface area contributed by atoms with E-state index in [4.69, 9.17) is 9.15 Å². The van der Waals surface area contributed by atoms with Gasteiger partial charge >= 0.3 is 0 Å². The summed E-state index contributed by atoms with van der Waals surface area (Å²) in [5, 5.41) is 4.74. The van der Waals surface area contributed by atoms with Gasteiger partial charge in [0.15, 0.2) is 5.76 Å². The van der Waals surface area contributed by atoms with Gasteiger partial charge in [0.2, 0.25) is 5.71 Å². The van der Waals surface area contributed by atoms with E-state index in [-0.39, 0.29) is 17.7 Å². The Balaban J connectivity index is 1.48. The standard InChI is InChI=1S/C23H22N2O3/c1-15(8-9-16-6-4-3-5-7-16)24-22(26)21-14-18-12-17-13-19(27-2)10-11-20(17)25-23(18)28-21/h3-7,10-15H,8-9H2,1-2H3,(H,24,26). The molecule has 0 saturated carbocycles. The lowest BCUT2D eigenvalue weighted by molar-refractivity contribution is 0.0912. The molecule has 0 spiro atoms. The van der Waals surface area contributed by atoms with Crippen LogP contribution in [0.1, 0.15) is 29.5 Å². The van der Waals surface area contributed by atoms with Gasteiger partial charge in [-0.3, -0.25) is 4.79 Å². The number of hydrogen-bond acceptors (Lipinski definition) is 4. The summed E-state index contributed by atoms with van der Waals surface area (Å²) in [7, 11) is 1.63. The fourth-order valence-corrected chi connectivity index (χ4v) is 3.25. The molecule has 28 heavy (non-hydrogen) atoms. The molecule has 0 radical (unpaired) electrons. The van der Waals surface area contributed by atoms with Crippen molar-refractivity contribution in [1.29, 1.82) is 0 Å². The second kappa shape index (κ2) is 7.72. The average Bonchev–Trinajstić information content (AvgIpc) is 3.14. The van der Waals surface area contributed by atoms with Gasteiger partial charge < -0.3 is 14.5 Å². The van der Waals surface area contributed by atoms with E-state index >= 15 is 0 Å². The quantitative estimate of drug-likeness (QED) is 0.529. The average molecular weight is 374 g/mol. The van der Waals surface area contributed by atoms with Crippen LogP contribution in [-0.4, -0.2) is 24.0 Å². The molecule has 2 aromatic carbocycles. The molecule has 5 heteroatoms. The van der Waals surface area contributed by atoms with Crippen LogP contribution in [0.15, 0.2) is 65.1 Å². The minimum Gasteiger partial charge on any atom is -0.497 e. The van der Waals surface area contributed by atoms with Crippen molar-refractivity contribution in [3.05, 3.63) is 72.0 Å². The Kier molecular flexibility index (Phi) is 4.98. The Labute approximate surface area is 163 Å². The number of nitrogens with zero attached hydrogens (tertiary/aromatic N) is 1. The fraction of sp³-hybridized carbons (Fsp3) is 0.217. The number of carbonyl (C=O) groups excluding carboxylic acids is 1. The summed E-state index contributed by atoms with van der Waals surface area (Å²) in [6, 6.07) is 19.6. The summed E-state index contributed by atoms with van der Waals surface area (Å²) in [6.45, 7) is 2.00. The number of ether oxygens (including phenoxy) is 1. The Bertz CT molecular complexity index is 1120. The van der Waals surface area contributed by atoms with E-state index in [1.165, 1.54) is 5.56 Å². The van der Waals surface area contributed by atoms with Gasteiger partial charge in [0.25, 0.3) is 5.91 Å². The first-order valence-corrected chi connectivity index (χ1v) is 9.35. The first-order valence-electron chi connectivity index (χ1n) is 9.35. The van der Waals surface area contributed by atoms with E-state index in [1.54, 1.807) is 13.2 Å². The van der Waals surface area contributed by atoms with Gasteiger partial charge in [-0.2, -0.15) is 0 Å². The molecule has 1 unspecified atom stereocenters. The number of furan rings is 1. The molecule has 2 aromatic heterocycles. The molecule has 0 aliphatic rings. The van der Waals surface area contributed by atoms with Crippen LogP contribution in [0.3, 0.4) is 0 Å². The van der Waals surface area contributed by atoms with Crippen molar-refractivity contribution in [3.63, 3.8) is 0 Å². The van der Waals surface area contributed by atoms with Gasteiger partial charge in [0.1, 0.15) is 5.75 Å². The SMILES string of the molecule is COc1ccc2nc3oc(C(=O)NC(C)CCc4ccccc4)cc3cc2c1. The molecule has 0 aliphatic carbocycles. The van der Waals surface area contributed by atoms with Crippen molar-refractivity contribution < 1.29 is 13.9 Å². The highest BCUT2D eigenvalue weighted by molar-refractivity contribution is 5.98. The molecule has 0 bridgehead atoms. The third-order valence-corrected chi connectivity index (χ3v) is 4.82. The lowest BCUT2D eigenvalue weighted by Gasteiger charge is -2.12. The second-order valence-electron chi connectivity index (χ2n) is 6.95. The van der Waals surface area contributed by atoms with Crippen molar-refractivity contribution in [2.75, 3.05) is 7.11 Å². The summed E-state index contributed by atoms with van der Waals surface area (Å²) in [5.41, 5.74) is 2.52. The predicted octanol–water partition coefficient (Wildman–Crippen LogP) is 4.74. The summed E-state index contributed by atoms with van der Waals surface area (Å²) in [5.74, 6) is 0.818. The molecule has 0 saturated heterocycles. The first kappa shape index (κ1) is 18.0. The number of carbonyl (C=O) groups is 1. The minimum absolute atomic E-state index is 0.0391. The third-order valence-electron chi connectivity index (χ3n) is 4.82. The topological polar surface area (TPSA) is 64.4 Å². The number of benzene rings is 2.